The Morgan fingerprint density at radius 2 is 1.85 bits per heavy atom. The summed E-state index contributed by atoms with van der Waals surface area (Å²) in [7, 11) is 0. The van der Waals surface area contributed by atoms with Crippen molar-refractivity contribution in [1.29, 1.82) is 0 Å². The molecule has 0 bridgehead atoms. The second-order valence-electron chi connectivity index (χ2n) is 8.68. The molecule has 1 aliphatic heterocycles. The highest BCUT2D eigenvalue weighted by Crippen LogP contribution is 2.30. The van der Waals surface area contributed by atoms with Crippen molar-refractivity contribution in [3.63, 3.8) is 0 Å². The van der Waals surface area contributed by atoms with Gasteiger partial charge in [0.2, 0.25) is 5.95 Å². The van der Waals surface area contributed by atoms with Crippen molar-refractivity contribution in [1.82, 2.24) is 24.4 Å². The summed E-state index contributed by atoms with van der Waals surface area (Å²) in [5.74, 6) is 1.29. The molecule has 0 aliphatic carbocycles. The van der Waals surface area contributed by atoms with Crippen LogP contribution in [0.4, 0.5) is 17.5 Å². The van der Waals surface area contributed by atoms with Crippen LogP contribution in [-0.2, 0) is 6.54 Å². The molecule has 0 spiro atoms. The molecule has 4 heterocycles. The minimum Gasteiger partial charge on any atom is -0.368 e. The van der Waals surface area contributed by atoms with Gasteiger partial charge in [-0.3, -0.25) is 4.79 Å². The molecular formula is C26H29N7O. The molecule has 8 nitrogen and oxygen atoms in total. The topological polar surface area (TPSA) is 102 Å². The van der Waals surface area contributed by atoms with Crippen molar-refractivity contribution in [2.75, 3.05) is 30.7 Å². The molecule has 1 aliphatic rings. The lowest BCUT2D eigenvalue weighted by molar-refractivity contribution is 0.354. The van der Waals surface area contributed by atoms with Gasteiger partial charge in [-0.25, -0.2) is 15.0 Å². The third kappa shape index (κ3) is 4.24. The van der Waals surface area contributed by atoms with Crippen molar-refractivity contribution in [3.05, 3.63) is 70.9 Å². The van der Waals surface area contributed by atoms with Crippen molar-refractivity contribution in [2.24, 2.45) is 0 Å². The average molecular weight is 456 g/mol. The Balaban J connectivity index is 1.53. The standard InChI is InChI=1S/C26H29N7O/c1-3-32-11-9-19(16-32)17-5-7-21(8-6-17)30-24-23-18(10-12-33(4-2)25(23)34)13-22(31-24)20-14-28-26(27)29-15-20/h5-8,10,12-15,19H,3-4,9,11,16H2,1-2H3,(H,30,31)(H2,27,28,29). The predicted octanol–water partition coefficient (Wildman–Crippen LogP) is 4.01. The second kappa shape index (κ2) is 9.23. The summed E-state index contributed by atoms with van der Waals surface area (Å²) in [6, 6.07) is 12.3. The number of likely N-dealkylation sites (tertiary alicyclic amines) is 1. The van der Waals surface area contributed by atoms with Crippen LogP contribution >= 0.6 is 0 Å². The van der Waals surface area contributed by atoms with Crippen molar-refractivity contribution in [2.45, 2.75) is 32.7 Å². The van der Waals surface area contributed by atoms with Crippen LogP contribution < -0.4 is 16.6 Å². The van der Waals surface area contributed by atoms with Gasteiger partial charge < -0.3 is 20.5 Å². The summed E-state index contributed by atoms with van der Waals surface area (Å²) in [6.45, 7) is 8.12. The maximum atomic E-state index is 13.2. The van der Waals surface area contributed by atoms with Crippen LogP contribution in [0.25, 0.3) is 22.0 Å². The molecule has 1 atom stereocenters. The summed E-state index contributed by atoms with van der Waals surface area (Å²) < 4.78 is 1.68. The molecule has 1 aromatic carbocycles. The molecule has 174 valence electrons. The van der Waals surface area contributed by atoms with Crippen LogP contribution in [-0.4, -0.2) is 44.1 Å². The predicted molar refractivity (Wildman–Crippen MR) is 136 cm³/mol. The number of nitrogens with zero attached hydrogens (tertiary/aromatic N) is 5. The van der Waals surface area contributed by atoms with E-state index >= 15 is 0 Å². The highest BCUT2D eigenvalue weighted by molar-refractivity contribution is 5.95. The molecule has 34 heavy (non-hydrogen) atoms. The van der Waals surface area contributed by atoms with Crippen molar-refractivity contribution >= 4 is 28.2 Å². The fourth-order valence-corrected chi connectivity index (χ4v) is 4.63. The molecule has 1 saturated heterocycles. The van der Waals surface area contributed by atoms with Gasteiger partial charge in [-0.05, 0) is 67.6 Å². The van der Waals surface area contributed by atoms with Gasteiger partial charge in [0, 0.05) is 42.9 Å². The summed E-state index contributed by atoms with van der Waals surface area (Å²) in [5, 5.41) is 4.76. The molecule has 4 aromatic rings. The minimum absolute atomic E-state index is 0.0719. The SMILES string of the molecule is CCN1CCC(c2ccc(Nc3nc(-c4cnc(N)nc4)cc4ccn(CC)c(=O)c34)cc2)C1. The van der Waals surface area contributed by atoms with Gasteiger partial charge in [0.1, 0.15) is 5.82 Å². The number of likely N-dealkylation sites (N-methyl/N-ethyl adjacent to an activating group) is 1. The van der Waals surface area contributed by atoms with E-state index in [1.165, 1.54) is 12.0 Å². The summed E-state index contributed by atoms with van der Waals surface area (Å²) in [5.41, 5.74) is 9.22. The molecule has 1 unspecified atom stereocenters. The number of fused-ring (bicyclic) bond motifs is 1. The Hall–Kier alpha value is -3.78. The lowest BCUT2D eigenvalue weighted by Gasteiger charge is -2.15. The quantitative estimate of drug-likeness (QED) is 0.453. The van der Waals surface area contributed by atoms with E-state index in [1.807, 2.05) is 25.3 Å². The van der Waals surface area contributed by atoms with E-state index in [1.54, 1.807) is 17.0 Å². The van der Waals surface area contributed by atoms with Gasteiger partial charge in [-0.1, -0.05) is 19.1 Å². The number of benzene rings is 1. The minimum atomic E-state index is -0.0719. The Bertz CT molecular complexity index is 1360. The fraction of sp³-hybridized carbons (Fsp3) is 0.308. The van der Waals surface area contributed by atoms with Gasteiger partial charge in [0.15, 0.2) is 0 Å². The van der Waals surface area contributed by atoms with Crippen molar-refractivity contribution in [3.8, 4) is 11.3 Å². The third-order valence-electron chi connectivity index (χ3n) is 6.63. The third-order valence-corrected chi connectivity index (χ3v) is 6.63. The number of anilines is 3. The first-order valence-corrected chi connectivity index (χ1v) is 11.8. The molecule has 3 aromatic heterocycles. The molecular weight excluding hydrogens is 426 g/mol. The van der Waals surface area contributed by atoms with Crippen LogP contribution in [0.2, 0.25) is 0 Å². The first kappa shape index (κ1) is 22.0. The Kier molecular flexibility index (Phi) is 5.98. The van der Waals surface area contributed by atoms with Crippen molar-refractivity contribution < 1.29 is 0 Å². The van der Waals surface area contributed by atoms with Gasteiger partial charge in [0.25, 0.3) is 5.56 Å². The van der Waals surface area contributed by atoms with E-state index in [9.17, 15) is 4.79 Å². The lowest BCUT2D eigenvalue weighted by atomic mass is 9.98. The highest BCUT2D eigenvalue weighted by Gasteiger charge is 2.22. The zero-order valence-electron chi connectivity index (χ0n) is 19.5. The van der Waals surface area contributed by atoms with Crippen LogP contribution in [0.1, 0.15) is 31.7 Å². The number of pyridine rings is 2. The van der Waals surface area contributed by atoms with Crippen LogP contribution in [0, 0.1) is 0 Å². The lowest BCUT2D eigenvalue weighted by Crippen LogP contribution is -2.19. The fourth-order valence-electron chi connectivity index (χ4n) is 4.63. The summed E-state index contributed by atoms with van der Waals surface area (Å²) in [4.78, 5) is 28.7. The first-order chi connectivity index (χ1) is 16.6. The number of hydrogen-bond donors (Lipinski definition) is 2. The average Bonchev–Trinajstić information content (AvgIpc) is 3.34. The molecule has 5 rings (SSSR count). The number of aromatic nitrogens is 4. The Morgan fingerprint density at radius 1 is 1.09 bits per heavy atom. The monoisotopic (exact) mass is 455 g/mol. The van der Waals surface area contributed by atoms with E-state index in [0.717, 1.165) is 36.3 Å². The summed E-state index contributed by atoms with van der Waals surface area (Å²) >= 11 is 0. The summed E-state index contributed by atoms with van der Waals surface area (Å²) in [6.07, 6.45) is 6.29. The zero-order chi connectivity index (χ0) is 23.7. The Labute approximate surface area is 198 Å². The van der Waals surface area contributed by atoms with Crippen LogP contribution in [0.5, 0.6) is 0 Å². The van der Waals surface area contributed by atoms with Gasteiger partial charge in [0.05, 0.1) is 11.1 Å². The smallest absolute Gasteiger partial charge is 0.262 e. The number of nitrogen functional groups attached to an aromatic ring is 1. The molecule has 1 fully saturated rings. The maximum Gasteiger partial charge on any atom is 0.262 e. The zero-order valence-corrected chi connectivity index (χ0v) is 19.5. The molecule has 0 amide bonds. The molecule has 8 heteroatoms. The van der Waals surface area contributed by atoms with E-state index in [4.69, 9.17) is 10.7 Å². The van der Waals surface area contributed by atoms with Gasteiger partial charge in [-0.2, -0.15) is 0 Å². The maximum absolute atomic E-state index is 13.2. The number of nitrogens with two attached hydrogens (primary N) is 1. The molecule has 0 saturated carbocycles. The second-order valence-corrected chi connectivity index (χ2v) is 8.68. The normalized spacial score (nSPS) is 16.2. The number of aryl methyl sites for hydroxylation is 1. The largest absolute Gasteiger partial charge is 0.368 e. The molecule has 0 radical (unpaired) electrons. The van der Waals surface area contributed by atoms with Gasteiger partial charge in [-0.15, -0.1) is 0 Å². The Morgan fingerprint density at radius 3 is 2.53 bits per heavy atom. The van der Waals surface area contributed by atoms with E-state index in [2.05, 4.69) is 51.4 Å². The van der Waals surface area contributed by atoms with Gasteiger partial charge >= 0.3 is 0 Å². The first-order valence-electron chi connectivity index (χ1n) is 11.8. The van der Waals surface area contributed by atoms with E-state index in [0.29, 0.717) is 29.4 Å². The molecule has 3 N–H and O–H groups in total. The van der Waals surface area contributed by atoms with Crippen LogP contribution in [0.3, 0.4) is 0 Å². The highest BCUT2D eigenvalue weighted by atomic mass is 16.1. The van der Waals surface area contributed by atoms with E-state index in [-0.39, 0.29) is 11.5 Å². The number of nitrogens with one attached hydrogen (secondary N) is 1. The number of hydrogen-bond acceptors (Lipinski definition) is 7. The number of rotatable bonds is 6. The van der Waals surface area contributed by atoms with E-state index < -0.39 is 0 Å². The van der Waals surface area contributed by atoms with Crippen LogP contribution in [0.15, 0.2) is 59.8 Å².